The van der Waals surface area contributed by atoms with Crippen molar-refractivity contribution in [2.75, 3.05) is 6.61 Å². The molecule has 1 aromatic heterocycles. The Morgan fingerprint density at radius 2 is 2.22 bits per heavy atom. The second kappa shape index (κ2) is 6.78. The molecule has 18 heavy (non-hydrogen) atoms. The Bertz CT molecular complexity index is 388. The molecule has 1 aliphatic carbocycles. The molecule has 6 heteroatoms. The van der Waals surface area contributed by atoms with Crippen LogP contribution in [-0.4, -0.2) is 28.0 Å². The Labute approximate surface area is 111 Å². The number of ether oxygens (including phenoxy) is 1. The zero-order chi connectivity index (χ0) is 12.8. The standard InChI is InChI=1S/C12H18N2O3S/c1-2-16-12(15)11-13-10(14-17-11)8-18-9-6-4-3-5-7-9/h9H,2-8H2,1H3. The van der Waals surface area contributed by atoms with Gasteiger partial charge in [0.2, 0.25) is 0 Å². The average molecular weight is 270 g/mol. The molecule has 0 radical (unpaired) electrons. The third kappa shape index (κ3) is 3.73. The van der Waals surface area contributed by atoms with E-state index in [1.54, 1.807) is 6.92 Å². The van der Waals surface area contributed by atoms with Crippen molar-refractivity contribution in [1.29, 1.82) is 0 Å². The van der Waals surface area contributed by atoms with Crippen molar-refractivity contribution < 1.29 is 14.1 Å². The van der Waals surface area contributed by atoms with Crippen LogP contribution in [0.3, 0.4) is 0 Å². The lowest BCUT2D eigenvalue weighted by Crippen LogP contribution is -2.08. The lowest BCUT2D eigenvalue weighted by Gasteiger charge is -2.19. The second-order valence-electron chi connectivity index (χ2n) is 4.31. The molecule has 1 aliphatic rings. The van der Waals surface area contributed by atoms with Crippen LogP contribution in [0.2, 0.25) is 0 Å². The van der Waals surface area contributed by atoms with E-state index in [0.717, 1.165) is 0 Å². The van der Waals surface area contributed by atoms with Crippen LogP contribution >= 0.6 is 11.8 Å². The van der Waals surface area contributed by atoms with E-state index in [-0.39, 0.29) is 5.89 Å². The van der Waals surface area contributed by atoms with Gasteiger partial charge in [-0.3, -0.25) is 0 Å². The fourth-order valence-electron chi connectivity index (χ4n) is 2.01. The SMILES string of the molecule is CCOC(=O)c1nc(CSC2CCCCC2)no1. The number of rotatable bonds is 5. The summed E-state index contributed by atoms with van der Waals surface area (Å²) in [5.41, 5.74) is 0. The molecule has 1 saturated carbocycles. The Kier molecular flexibility index (Phi) is 5.04. The Hall–Kier alpha value is -1.04. The summed E-state index contributed by atoms with van der Waals surface area (Å²) in [6, 6.07) is 0. The summed E-state index contributed by atoms with van der Waals surface area (Å²) in [6.07, 6.45) is 6.53. The van der Waals surface area contributed by atoms with Crippen LogP contribution in [0.4, 0.5) is 0 Å². The van der Waals surface area contributed by atoms with E-state index < -0.39 is 5.97 Å². The number of carbonyl (C=O) groups is 1. The van der Waals surface area contributed by atoms with Gasteiger partial charge in [0.15, 0.2) is 5.82 Å². The normalized spacial score (nSPS) is 16.7. The highest BCUT2D eigenvalue weighted by Gasteiger charge is 2.18. The van der Waals surface area contributed by atoms with Gasteiger partial charge in [-0.25, -0.2) is 4.79 Å². The van der Waals surface area contributed by atoms with Crippen LogP contribution in [0.15, 0.2) is 4.52 Å². The van der Waals surface area contributed by atoms with Gasteiger partial charge in [0.25, 0.3) is 0 Å². The topological polar surface area (TPSA) is 65.2 Å². The molecular formula is C12H18N2O3S. The van der Waals surface area contributed by atoms with Crippen molar-refractivity contribution in [2.45, 2.75) is 50.0 Å². The molecule has 1 fully saturated rings. The van der Waals surface area contributed by atoms with Gasteiger partial charge in [0.1, 0.15) is 0 Å². The number of thioether (sulfide) groups is 1. The minimum atomic E-state index is -0.543. The van der Waals surface area contributed by atoms with Crippen molar-refractivity contribution in [3.05, 3.63) is 11.7 Å². The quantitative estimate of drug-likeness (QED) is 0.766. The summed E-state index contributed by atoms with van der Waals surface area (Å²) in [7, 11) is 0. The lowest BCUT2D eigenvalue weighted by molar-refractivity contribution is 0.0470. The largest absolute Gasteiger partial charge is 0.459 e. The van der Waals surface area contributed by atoms with Crippen LogP contribution < -0.4 is 0 Å². The maximum Gasteiger partial charge on any atom is 0.397 e. The Morgan fingerprint density at radius 1 is 1.44 bits per heavy atom. The fourth-order valence-corrected chi connectivity index (χ4v) is 3.18. The van der Waals surface area contributed by atoms with E-state index in [1.165, 1.54) is 32.1 Å². The average Bonchev–Trinajstić information content (AvgIpc) is 2.87. The fraction of sp³-hybridized carbons (Fsp3) is 0.750. The number of carbonyl (C=O) groups excluding carboxylic acids is 1. The van der Waals surface area contributed by atoms with Crippen molar-refractivity contribution in [3.63, 3.8) is 0 Å². The molecule has 0 amide bonds. The van der Waals surface area contributed by atoms with Gasteiger partial charge in [0.05, 0.1) is 12.4 Å². The minimum absolute atomic E-state index is 0.0453. The lowest BCUT2D eigenvalue weighted by atomic mass is 10.0. The summed E-state index contributed by atoms with van der Waals surface area (Å²) in [6.45, 7) is 2.06. The summed E-state index contributed by atoms with van der Waals surface area (Å²) in [5, 5.41) is 4.49. The van der Waals surface area contributed by atoms with Gasteiger partial charge in [-0.15, -0.1) is 0 Å². The van der Waals surface area contributed by atoms with Gasteiger partial charge in [-0.2, -0.15) is 16.7 Å². The first-order chi connectivity index (χ1) is 8.79. The molecule has 0 unspecified atom stereocenters. The summed E-state index contributed by atoms with van der Waals surface area (Å²) in [4.78, 5) is 15.4. The maximum absolute atomic E-state index is 11.3. The first kappa shape index (κ1) is 13.4. The van der Waals surface area contributed by atoms with Crippen molar-refractivity contribution in [1.82, 2.24) is 10.1 Å². The zero-order valence-electron chi connectivity index (χ0n) is 10.6. The minimum Gasteiger partial charge on any atom is -0.459 e. The van der Waals surface area contributed by atoms with Crippen LogP contribution in [0.5, 0.6) is 0 Å². The van der Waals surface area contributed by atoms with Crippen molar-refractivity contribution in [3.8, 4) is 0 Å². The van der Waals surface area contributed by atoms with E-state index in [4.69, 9.17) is 9.26 Å². The highest BCUT2D eigenvalue weighted by atomic mass is 32.2. The molecule has 0 saturated heterocycles. The molecular weight excluding hydrogens is 252 g/mol. The number of aromatic nitrogens is 2. The molecule has 0 atom stereocenters. The number of hydrogen-bond donors (Lipinski definition) is 0. The van der Waals surface area contributed by atoms with Crippen molar-refractivity contribution in [2.24, 2.45) is 0 Å². The Balaban J connectivity index is 1.80. The predicted molar refractivity (Wildman–Crippen MR) is 68.4 cm³/mol. The molecule has 100 valence electrons. The van der Waals surface area contributed by atoms with E-state index in [9.17, 15) is 4.79 Å². The van der Waals surface area contributed by atoms with Crippen LogP contribution in [0, 0.1) is 0 Å². The van der Waals surface area contributed by atoms with Gasteiger partial charge >= 0.3 is 11.9 Å². The van der Waals surface area contributed by atoms with Gasteiger partial charge in [-0.1, -0.05) is 24.4 Å². The first-order valence-corrected chi connectivity index (χ1v) is 7.45. The highest BCUT2D eigenvalue weighted by molar-refractivity contribution is 7.99. The molecule has 0 spiro atoms. The summed E-state index contributed by atoms with van der Waals surface area (Å²) in [5.74, 6) is 0.691. The van der Waals surface area contributed by atoms with Gasteiger partial charge < -0.3 is 9.26 Å². The molecule has 1 aromatic rings. The van der Waals surface area contributed by atoms with E-state index >= 15 is 0 Å². The molecule has 0 aromatic carbocycles. The number of nitrogens with zero attached hydrogens (tertiary/aromatic N) is 2. The van der Waals surface area contributed by atoms with Crippen LogP contribution in [0.25, 0.3) is 0 Å². The summed E-state index contributed by atoms with van der Waals surface area (Å²) < 4.78 is 9.66. The second-order valence-corrected chi connectivity index (χ2v) is 5.60. The zero-order valence-corrected chi connectivity index (χ0v) is 11.4. The van der Waals surface area contributed by atoms with Crippen LogP contribution in [0.1, 0.15) is 55.5 Å². The summed E-state index contributed by atoms with van der Waals surface area (Å²) >= 11 is 1.85. The third-order valence-electron chi connectivity index (χ3n) is 2.92. The van der Waals surface area contributed by atoms with E-state index in [1.807, 2.05) is 11.8 Å². The molecule has 5 nitrogen and oxygen atoms in total. The van der Waals surface area contributed by atoms with Crippen molar-refractivity contribution >= 4 is 17.7 Å². The highest BCUT2D eigenvalue weighted by Crippen LogP contribution is 2.29. The smallest absolute Gasteiger partial charge is 0.397 e. The monoisotopic (exact) mass is 270 g/mol. The molecule has 2 rings (SSSR count). The number of hydrogen-bond acceptors (Lipinski definition) is 6. The molecule has 0 bridgehead atoms. The predicted octanol–water partition coefficient (Wildman–Crippen LogP) is 2.81. The van der Waals surface area contributed by atoms with E-state index in [0.29, 0.717) is 23.4 Å². The molecule has 0 aliphatic heterocycles. The first-order valence-electron chi connectivity index (χ1n) is 6.41. The maximum atomic E-state index is 11.3. The number of esters is 1. The molecule has 1 heterocycles. The van der Waals surface area contributed by atoms with E-state index in [2.05, 4.69) is 10.1 Å². The Morgan fingerprint density at radius 3 is 2.94 bits per heavy atom. The molecule has 0 N–H and O–H groups in total. The van der Waals surface area contributed by atoms with Crippen LogP contribution in [-0.2, 0) is 10.5 Å². The van der Waals surface area contributed by atoms with Gasteiger partial charge in [0, 0.05) is 5.25 Å². The van der Waals surface area contributed by atoms with Gasteiger partial charge in [-0.05, 0) is 19.8 Å². The third-order valence-corrected chi connectivity index (χ3v) is 4.29.